The van der Waals surface area contributed by atoms with Crippen LogP contribution in [0.2, 0.25) is 0 Å². The molecule has 0 fully saturated rings. The Morgan fingerprint density at radius 2 is 1.88 bits per heavy atom. The van der Waals surface area contributed by atoms with Gasteiger partial charge in [0.15, 0.2) is 11.5 Å². The number of aryl methyl sites for hydroxylation is 3. The maximum absolute atomic E-state index is 12.5. The molecule has 0 aromatic heterocycles. The molecule has 8 nitrogen and oxygen atoms in total. The van der Waals surface area contributed by atoms with Gasteiger partial charge in [-0.3, -0.25) is 9.78 Å². The van der Waals surface area contributed by atoms with Gasteiger partial charge >= 0.3 is 5.69 Å². The first kappa shape index (κ1) is 21.7. The molecular formula is C24H28N6O2. The SMILES string of the molecule is Cc1cc2nc3c(=O)[nH]c(=O)nc-3n(CCCc3ccccc3)c2cc1NCCN(C)C. The summed E-state index contributed by atoms with van der Waals surface area (Å²) in [4.78, 5) is 37.5. The summed E-state index contributed by atoms with van der Waals surface area (Å²) in [6.07, 6.45) is 1.72. The lowest BCUT2D eigenvalue weighted by Gasteiger charge is -2.19. The van der Waals surface area contributed by atoms with Crippen molar-refractivity contribution in [2.24, 2.45) is 0 Å². The van der Waals surface area contributed by atoms with E-state index < -0.39 is 11.2 Å². The van der Waals surface area contributed by atoms with Crippen molar-refractivity contribution in [3.05, 3.63) is 74.4 Å². The number of nitrogens with zero attached hydrogens (tertiary/aromatic N) is 4. The van der Waals surface area contributed by atoms with Crippen molar-refractivity contribution in [1.82, 2.24) is 24.4 Å². The summed E-state index contributed by atoms with van der Waals surface area (Å²) in [5, 5.41) is 3.48. The van der Waals surface area contributed by atoms with Gasteiger partial charge in [-0.2, -0.15) is 4.98 Å². The maximum atomic E-state index is 12.5. The summed E-state index contributed by atoms with van der Waals surface area (Å²) in [6.45, 7) is 4.34. The molecule has 4 rings (SSSR count). The van der Waals surface area contributed by atoms with Crippen molar-refractivity contribution in [3.63, 3.8) is 0 Å². The van der Waals surface area contributed by atoms with E-state index in [-0.39, 0.29) is 5.69 Å². The van der Waals surface area contributed by atoms with Gasteiger partial charge in [-0.1, -0.05) is 30.3 Å². The van der Waals surface area contributed by atoms with E-state index >= 15 is 0 Å². The fourth-order valence-corrected chi connectivity index (χ4v) is 3.86. The van der Waals surface area contributed by atoms with Crippen LogP contribution in [-0.2, 0) is 13.0 Å². The van der Waals surface area contributed by atoms with Gasteiger partial charge in [0.05, 0.1) is 11.0 Å². The lowest BCUT2D eigenvalue weighted by atomic mass is 10.1. The van der Waals surface area contributed by atoms with E-state index in [1.54, 1.807) is 0 Å². The van der Waals surface area contributed by atoms with Crippen molar-refractivity contribution in [2.75, 3.05) is 32.5 Å². The zero-order valence-electron chi connectivity index (χ0n) is 18.7. The number of rotatable bonds is 8. The smallest absolute Gasteiger partial charge is 0.349 e. The minimum Gasteiger partial charge on any atom is -0.383 e. The topological polar surface area (TPSA) is 95.9 Å². The van der Waals surface area contributed by atoms with Gasteiger partial charge in [0.2, 0.25) is 0 Å². The van der Waals surface area contributed by atoms with Crippen LogP contribution in [0.3, 0.4) is 0 Å². The molecule has 0 bridgehead atoms. The number of H-pyrrole nitrogens is 1. The molecule has 166 valence electrons. The Morgan fingerprint density at radius 3 is 2.62 bits per heavy atom. The summed E-state index contributed by atoms with van der Waals surface area (Å²) in [7, 11) is 4.07. The van der Waals surface area contributed by atoms with Crippen LogP contribution in [0.4, 0.5) is 5.69 Å². The van der Waals surface area contributed by atoms with Crippen LogP contribution in [-0.4, -0.2) is 51.6 Å². The molecule has 2 aromatic carbocycles. The number of aromatic nitrogens is 4. The van der Waals surface area contributed by atoms with Crippen molar-refractivity contribution in [1.29, 1.82) is 0 Å². The van der Waals surface area contributed by atoms with Crippen LogP contribution in [0.1, 0.15) is 17.5 Å². The molecule has 2 heterocycles. The first-order valence-corrected chi connectivity index (χ1v) is 10.8. The molecule has 2 aliphatic heterocycles. The molecule has 0 aliphatic carbocycles. The number of fused-ring (bicyclic) bond motifs is 2. The van der Waals surface area contributed by atoms with E-state index in [1.165, 1.54) is 5.56 Å². The van der Waals surface area contributed by atoms with E-state index in [0.29, 0.717) is 17.9 Å². The molecule has 2 aliphatic rings. The van der Waals surface area contributed by atoms with Gasteiger partial charge in [0.1, 0.15) is 0 Å². The highest BCUT2D eigenvalue weighted by Gasteiger charge is 2.19. The number of aromatic amines is 1. The van der Waals surface area contributed by atoms with Crippen molar-refractivity contribution in [3.8, 4) is 11.5 Å². The highest BCUT2D eigenvalue weighted by atomic mass is 16.2. The van der Waals surface area contributed by atoms with Crippen LogP contribution in [0.5, 0.6) is 0 Å². The lowest BCUT2D eigenvalue weighted by Crippen LogP contribution is -2.29. The number of hydrogen-bond acceptors (Lipinski definition) is 6. The van der Waals surface area contributed by atoms with Crippen molar-refractivity contribution in [2.45, 2.75) is 26.3 Å². The molecule has 8 heteroatoms. The second kappa shape index (κ2) is 9.32. The number of benzene rings is 2. The predicted molar refractivity (Wildman–Crippen MR) is 128 cm³/mol. The average Bonchev–Trinajstić information content (AvgIpc) is 2.75. The number of hydrogen-bond donors (Lipinski definition) is 2. The van der Waals surface area contributed by atoms with Gasteiger partial charge in [-0.25, -0.2) is 9.78 Å². The third-order valence-electron chi connectivity index (χ3n) is 5.52. The summed E-state index contributed by atoms with van der Waals surface area (Å²) in [6, 6.07) is 14.3. The first-order chi connectivity index (χ1) is 15.4. The summed E-state index contributed by atoms with van der Waals surface area (Å²) < 4.78 is 1.95. The van der Waals surface area contributed by atoms with Gasteiger partial charge in [0.25, 0.3) is 5.56 Å². The van der Waals surface area contributed by atoms with Crippen LogP contribution < -0.4 is 16.6 Å². The monoisotopic (exact) mass is 432 g/mol. The highest BCUT2D eigenvalue weighted by molar-refractivity contribution is 5.84. The quantitative estimate of drug-likeness (QED) is 0.416. The second-order valence-corrected chi connectivity index (χ2v) is 8.28. The van der Waals surface area contributed by atoms with Crippen molar-refractivity contribution < 1.29 is 0 Å². The standard InChI is InChI=1S/C24H28N6O2/c1-16-14-19-20(15-18(16)25-11-13-29(2)3)30(12-7-10-17-8-5-4-6-9-17)22-21(26-19)23(31)28-24(32)27-22/h4-6,8-9,14-15,25H,7,10-13H2,1-3H3,(H,28,31,32). The summed E-state index contributed by atoms with van der Waals surface area (Å²) in [5.41, 5.74) is 3.87. The van der Waals surface area contributed by atoms with Crippen LogP contribution in [0.15, 0.2) is 52.1 Å². The Bertz CT molecular complexity index is 1310. The molecule has 2 N–H and O–H groups in total. The lowest BCUT2D eigenvalue weighted by molar-refractivity contribution is 0.425. The van der Waals surface area contributed by atoms with E-state index in [2.05, 4.69) is 37.3 Å². The fourth-order valence-electron chi connectivity index (χ4n) is 3.86. The molecular weight excluding hydrogens is 404 g/mol. The Kier molecular flexibility index (Phi) is 6.32. The first-order valence-electron chi connectivity index (χ1n) is 10.8. The fraction of sp³-hybridized carbons (Fsp3) is 0.333. The third-order valence-corrected chi connectivity index (χ3v) is 5.52. The third kappa shape index (κ3) is 4.70. The van der Waals surface area contributed by atoms with Crippen LogP contribution in [0.25, 0.3) is 22.6 Å². The van der Waals surface area contributed by atoms with Crippen LogP contribution >= 0.6 is 0 Å². The zero-order chi connectivity index (χ0) is 22.7. The Morgan fingerprint density at radius 1 is 1.09 bits per heavy atom. The molecule has 0 spiro atoms. The molecule has 0 unspecified atom stereocenters. The molecule has 2 aromatic rings. The molecule has 0 saturated carbocycles. The number of nitrogens with one attached hydrogen (secondary N) is 2. The minimum atomic E-state index is -0.656. The normalized spacial score (nSPS) is 11.5. The largest absolute Gasteiger partial charge is 0.383 e. The van der Waals surface area contributed by atoms with Crippen LogP contribution in [0, 0.1) is 6.92 Å². The van der Waals surface area contributed by atoms with Gasteiger partial charge in [-0.15, -0.1) is 0 Å². The number of likely N-dealkylation sites (N-methyl/N-ethyl adjacent to an activating group) is 1. The molecule has 32 heavy (non-hydrogen) atoms. The van der Waals surface area contributed by atoms with Gasteiger partial charge < -0.3 is 14.8 Å². The maximum Gasteiger partial charge on any atom is 0.349 e. The van der Waals surface area contributed by atoms with E-state index in [9.17, 15) is 9.59 Å². The Labute approximate surface area is 186 Å². The van der Waals surface area contributed by atoms with Crippen molar-refractivity contribution >= 4 is 16.7 Å². The number of anilines is 1. The molecule has 0 atom stereocenters. The van der Waals surface area contributed by atoms with E-state index in [4.69, 9.17) is 0 Å². The zero-order valence-corrected chi connectivity index (χ0v) is 18.7. The molecule has 0 radical (unpaired) electrons. The van der Waals surface area contributed by atoms with E-state index in [0.717, 1.165) is 42.7 Å². The summed E-state index contributed by atoms with van der Waals surface area (Å²) >= 11 is 0. The van der Waals surface area contributed by atoms with E-state index in [1.807, 2.05) is 55.9 Å². The second-order valence-electron chi connectivity index (χ2n) is 8.28. The van der Waals surface area contributed by atoms with Gasteiger partial charge in [-0.05, 0) is 57.1 Å². The predicted octanol–water partition coefficient (Wildman–Crippen LogP) is 2.50. The summed E-state index contributed by atoms with van der Waals surface area (Å²) in [5.74, 6) is 0.322. The highest BCUT2D eigenvalue weighted by Crippen LogP contribution is 2.27. The Hall–Kier alpha value is -3.52. The minimum absolute atomic E-state index is 0.185. The average molecular weight is 433 g/mol. The molecule has 0 amide bonds. The van der Waals surface area contributed by atoms with Gasteiger partial charge in [0, 0.05) is 25.3 Å². The Balaban J connectivity index is 1.78. The molecule has 0 saturated heterocycles.